The number of hydrogen-bond acceptors (Lipinski definition) is 6. The highest BCUT2D eigenvalue weighted by atomic mass is 32.1. The largest absolute Gasteiger partial charge is 0.454 e. The molecule has 1 aromatic carbocycles. The number of anilines is 1. The zero-order valence-electron chi connectivity index (χ0n) is 14.4. The van der Waals surface area contributed by atoms with E-state index in [9.17, 15) is 4.79 Å². The molecule has 0 saturated heterocycles. The summed E-state index contributed by atoms with van der Waals surface area (Å²) < 4.78 is 10.8. The lowest BCUT2D eigenvalue weighted by molar-refractivity contribution is 0.102. The molecular formula is C19H17N3O3S. The molecule has 1 N–H and O–H groups in total. The maximum absolute atomic E-state index is 12.3. The molecule has 4 rings (SSSR count). The van der Waals surface area contributed by atoms with Crippen LogP contribution in [0.1, 0.15) is 32.2 Å². The van der Waals surface area contributed by atoms with Gasteiger partial charge in [-0.05, 0) is 43.7 Å². The molecule has 132 valence electrons. The fourth-order valence-corrected chi connectivity index (χ4v) is 3.65. The normalized spacial score (nSPS) is 12.2. The summed E-state index contributed by atoms with van der Waals surface area (Å²) in [6, 6.07) is 9.49. The Morgan fingerprint density at radius 2 is 2.04 bits per heavy atom. The highest BCUT2D eigenvalue weighted by Gasteiger charge is 2.16. The van der Waals surface area contributed by atoms with Gasteiger partial charge >= 0.3 is 0 Å². The summed E-state index contributed by atoms with van der Waals surface area (Å²) in [7, 11) is 0. The minimum Gasteiger partial charge on any atom is -0.454 e. The van der Waals surface area contributed by atoms with Gasteiger partial charge in [0, 0.05) is 23.2 Å². The van der Waals surface area contributed by atoms with Gasteiger partial charge in [-0.15, -0.1) is 11.3 Å². The Morgan fingerprint density at radius 1 is 1.19 bits per heavy atom. The Hall–Kier alpha value is -2.93. The molecule has 1 aliphatic heterocycles. The first-order chi connectivity index (χ1) is 12.6. The Balaban J connectivity index is 1.48. The number of nitrogens with one attached hydrogen (secondary N) is 1. The van der Waals surface area contributed by atoms with E-state index >= 15 is 0 Å². The minimum absolute atomic E-state index is 0.208. The molecule has 6 nitrogen and oxygen atoms in total. The van der Waals surface area contributed by atoms with E-state index in [4.69, 9.17) is 9.47 Å². The topological polar surface area (TPSA) is 73.3 Å². The highest BCUT2D eigenvalue weighted by molar-refractivity contribution is 7.15. The zero-order chi connectivity index (χ0) is 18.1. The molecule has 0 spiro atoms. The average Bonchev–Trinajstić information content (AvgIpc) is 3.22. The molecular weight excluding hydrogens is 350 g/mol. The van der Waals surface area contributed by atoms with Gasteiger partial charge in [-0.1, -0.05) is 6.07 Å². The number of aromatic nitrogens is 2. The van der Waals surface area contributed by atoms with Crippen LogP contribution in [0.5, 0.6) is 11.5 Å². The van der Waals surface area contributed by atoms with Crippen molar-refractivity contribution in [3.05, 3.63) is 63.9 Å². The predicted octanol–water partition coefficient (Wildman–Crippen LogP) is 3.73. The number of thiazole rings is 1. The van der Waals surface area contributed by atoms with E-state index in [0.29, 0.717) is 10.7 Å². The van der Waals surface area contributed by atoms with Gasteiger partial charge in [-0.2, -0.15) is 0 Å². The number of benzene rings is 1. The number of rotatable bonds is 4. The maximum Gasteiger partial charge on any atom is 0.259 e. The second-order valence-electron chi connectivity index (χ2n) is 6.03. The van der Waals surface area contributed by atoms with Crippen LogP contribution in [-0.2, 0) is 6.42 Å². The monoisotopic (exact) mass is 367 g/mol. The van der Waals surface area contributed by atoms with Crippen molar-refractivity contribution in [2.45, 2.75) is 20.3 Å². The van der Waals surface area contributed by atoms with Crippen LogP contribution in [0, 0.1) is 13.8 Å². The van der Waals surface area contributed by atoms with E-state index in [1.165, 1.54) is 11.3 Å². The van der Waals surface area contributed by atoms with Gasteiger partial charge in [0.05, 0.1) is 11.3 Å². The van der Waals surface area contributed by atoms with Gasteiger partial charge in [0.2, 0.25) is 6.79 Å². The number of hydrogen-bond donors (Lipinski definition) is 1. The van der Waals surface area contributed by atoms with Crippen molar-refractivity contribution in [2.75, 3.05) is 12.1 Å². The summed E-state index contributed by atoms with van der Waals surface area (Å²) in [5.74, 6) is 1.33. The van der Waals surface area contributed by atoms with E-state index in [1.54, 1.807) is 12.3 Å². The van der Waals surface area contributed by atoms with Crippen molar-refractivity contribution in [2.24, 2.45) is 0 Å². The Morgan fingerprint density at radius 3 is 2.85 bits per heavy atom. The third-order valence-electron chi connectivity index (χ3n) is 4.09. The van der Waals surface area contributed by atoms with Crippen molar-refractivity contribution in [1.29, 1.82) is 0 Å². The Kier molecular flexibility index (Phi) is 4.30. The van der Waals surface area contributed by atoms with Gasteiger partial charge in [-0.3, -0.25) is 15.1 Å². The predicted molar refractivity (Wildman–Crippen MR) is 99.1 cm³/mol. The van der Waals surface area contributed by atoms with Crippen LogP contribution >= 0.6 is 11.3 Å². The first kappa shape index (κ1) is 16.5. The van der Waals surface area contributed by atoms with Crippen LogP contribution in [0.25, 0.3) is 0 Å². The second-order valence-corrected chi connectivity index (χ2v) is 7.12. The van der Waals surface area contributed by atoms with Crippen molar-refractivity contribution < 1.29 is 14.3 Å². The fraction of sp³-hybridized carbons (Fsp3) is 0.211. The van der Waals surface area contributed by atoms with Crippen LogP contribution in [0.15, 0.2) is 36.5 Å². The second kappa shape index (κ2) is 6.76. The first-order valence-corrected chi connectivity index (χ1v) is 8.99. The number of pyridine rings is 1. The molecule has 1 amide bonds. The molecule has 0 unspecified atom stereocenters. The van der Waals surface area contributed by atoms with Crippen molar-refractivity contribution in [1.82, 2.24) is 9.97 Å². The zero-order valence-corrected chi connectivity index (χ0v) is 15.2. The summed E-state index contributed by atoms with van der Waals surface area (Å²) in [5.41, 5.74) is 3.41. The molecule has 7 heteroatoms. The lowest BCUT2D eigenvalue weighted by Crippen LogP contribution is -2.12. The number of amides is 1. The summed E-state index contributed by atoms with van der Waals surface area (Å²) in [6.45, 7) is 4.10. The molecule has 1 aliphatic rings. The van der Waals surface area contributed by atoms with E-state index in [-0.39, 0.29) is 12.7 Å². The number of fused-ring (bicyclic) bond motifs is 1. The summed E-state index contributed by atoms with van der Waals surface area (Å²) in [5, 5.41) is 3.44. The maximum atomic E-state index is 12.3. The average molecular weight is 367 g/mol. The van der Waals surface area contributed by atoms with E-state index in [0.717, 1.165) is 39.7 Å². The van der Waals surface area contributed by atoms with Crippen LogP contribution < -0.4 is 14.8 Å². The van der Waals surface area contributed by atoms with E-state index in [1.807, 2.05) is 38.1 Å². The quantitative estimate of drug-likeness (QED) is 0.761. The van der Waals surface area contributed by atoms with Crippen molar-refractivity contribution >= 4 is 22.4 Å². The third kappa shape index (κ3) is 3.39. The first-order valence-electron chi connectivity index (χ1n) is 8.17. The number of ether oxygens (including phenoxy) is 2. The SMILES string of the molecule is Cc1ccc(C(=O)Nc2nc(C)c(Cc3ccc4c(c3)OCO4)s2)cn1. The van der Waals surface area contributed by atoms with Gasteiger partial charge in [0.1, 0.15) is 0 Å². The summed E-state index contributed by atoms with van der Waals surface area (Å²) in [4.78, 5) is 22.0. The van der Waals surface area contributed by atoms with E-state index < -0.39 is 0 Å². The molecule has 3 heterocycles. The number of carbonyl (C=O) groups excluding carboxylic acids is 1. The number of aryl methyl sites for hydroxylation is 2. The summed E-state index contributed by atoms with van der Waals surface area (Å²) >= 11 is 1.48. The molecule has 0 aliphatic carbocycles. The Bertz CT molecular complexity index is 967. The molecule has 3 aromatic rings. The lowest BCUT2D eigenvalue weighted by atomic mass is 10.1. The molecule has 0 fully saturated rings. The van der Waals surface area contributed by atoms with Crippen molar-refractivity contribution in [3.63, 3.8) is 0 Å². The Labute approximate surface area is 154 Å². The van der Waals surface area contributed by atoms with Gasteiger partial charge < -0.3 is 9.47 Å². The molecule has 2 aromatic heterocycles. The van der Waals surface area contributed by atoms with Crippen LogP contribution in [0.3, 0.4) is 0 Å². The van der Waals surface area contributed by atoms with Gasteiger partial charge in [0.25, 0.3) is 5.91 Å². The smallest absolute Gasteiger partial charge is 0.259 e. The van der Waals surface area contributed by atoms with Gasteiger partial charge in [0.15, 0.2) is 16.6 Å². The van der Waals surface area contributed by atoms with Crippen LogP contribution in [-0.4, -0.2) is 22.7 Å². The summed E-state index contributed by atoms with van der Waals surface area (Å²) in [6.07, 6.45) is 2.29. The molecule has 26 heavy (non-hydrogen) atoms. The van der Waals surface area contributed by atoms with Crippen LogP contribution in [0.2, 0.25) is 0 Å². The third-order valence-corrected chi connectivity index (χ3v) is 5.16. The molecule has 0 radical (unpaired) electrons. The van der Waals surface area contributed by atoms with E-state index in [2.05, 4.69) is 15.3 Å². The standard InChI is InChI=1S/C19H17N3O3S/c1-11-3-5-14(9-20-11)18(23)22-19-21-12(2)17(26-19)8-13-4-6-15-16(7-13)25-10-24-15/h3-7,9H,8,10H2,1-2H3,(H,21,22,23). The molecule has 0 atom stereocenters. The molecule has 0 saturated carbocycles. The molecule has 0 bridgehead atoms. The number of carbonyl (C=O) groups is 1. The lowest BCUT2D eigenvalue weighted by Gasteiger charge is -2.02. The van der Waals surface area contributed by atoms with Gasteiger partial charge in [-0.25, -0.2) is 4.98 Å². The van der Waals surface area contributed by atoms with Crippen molar-refractivity contribution in [3.8, 4) is 11.5 Å². The number of nitrogens with zero attached hydrogens (tertiary/aromatic N) is 2. The highest BCUT2D eigenvalue weighted by Crippen LogP contribution is 2.34. The fourth-order valence-electron chi connectivity index (χ4n) is 2.65. The minimum atomic E-state index is -0.208. The van der Waals surface area contributed by atoms with Crippen LogP contribution in [0.4, 0.5) is 5.13 Å².